The third kappa shape index (κ3) is 1.00. The predicted octanol–water partition coefficient (Wildman–Crippen LogP) is 0.748. The lowest BCUT2D eigenvalue weighted by molar-refractivity contribution is -0.931. The van der Waals surface area contributed by atoms with Gasteiger partial charge in [0, 0.05) is 25.7 Å². The van der Waals surface area contributed by atoms with E-state index in [4.69, 9.17) is 0 Å². The second-order valence-electron chi connectivity index (χ2n) is 4.64. The van der Waals surface area contributed by atoms with Gasteiger partial charge in [-0.15, -0.1) is 0 Å². The molecule has 1 N–H and O–H groups in total. The van der Waals surface area contributed by atoms with Crippen LogP contribution in [0.2, 0.25) is 0 Å². The molecule has 11 heavy (non-hydrogen) atoms. The van der Waals surface area contributed by atoms with E-state index in [9.17, 15) is 5.11 Å². The zero-order valence-corrected chi connectivity index (χ0v) is 7.45. The number of fused-ring (bicyclic) bond motifs is 2. The van der Waals surface area contributed by atoms with Crippen LogP contribution in [0.25, 0.3) is 0 Å². The fourth-order valence-corrected chi connectivity index (χ4v) is 2.85. The van der Waals surface area contributed by atoms with Crippen LogP contribution < -0.4 is 0 Å². The van der Waals surface area contributed by atoms with E-state index < -0.39 is 0 Å². The quantitative estimate of drug-likeness (QED) is 0.513. The Balaban J connectivity index is 2.19. The second kappa shape index (κ2) is 2.20. The van der Waals surface area contributed by atoms with Crippen molar-refractivity contribution >= 4 is 0 Å². The number of rotatable bonds is 0. The molecule has 64 valence electrons. The van der Waals surface area contributed by atoms with Gasteiger partial charge in [0.1, 0.15) is 0 Å². The summed E-state index contributed by atoms with van der Waals surface area (Å²) in [6.07, 6.45) is 4.72. The molecule has 0 unspecified atom stereocenters. The van der Waals surface area contributed by atoms with Gasteiger partial charge in [0.05, 0.1) is 32.3 Å². The van der Waals surface area contributed by atoms with E-state index in [2.05, 4.69) is 14.1 Å². The van der Waals surface area contributed by atoms with E-state index >= 15 is 0 Å². The van der Waals surface area contributed by atoms with Crippen LogP contribution in [-0.4, -0.2) is 41.9 Å². The third-order valence-corrected chi connectivity index (χ3v) is 3.80. The number of quaternary nitrogens is 1. The van der Waals surface area contributed by atoms with Crippen molar-refractivity contribution in [3.63, 3.8) is 0 Å². The van der Waals surface area contributed by atoms with Crippen LogP contribution in [0, 0.1) is 0 Å². The summed E-state index contributed by atoms with van der Waals surface area (Å²) in [5.74, 6) is 0. The molecule has 2 heteroatoms. The van der Waals surface area contributed by atoms with E-state index in [-0.39, 0.29) is 6.10 Å². The molecule has 2 heterocycles. The van der Waals surface area contributed by atoms with Crippen LogP contribution in [0.3, 0.4) is 0 Å². The number of hydrogen-bond donors (Lipinski definition) is 1. The van der Waals surface area contributed by atoms with Gasteiger partial charge in [-0.1, -0.05) is 0 Å². The zero-order valence-electron chi connectivity index (χ0n) is 7.45. The molecule has 2 bridgehead atoms. The van der Waals surface area contributed by atoms with Crippen molar-refractivity contribution in [1.29, 1.82) is 0 Å². The van der Waals surface area contributed by atoms with E-state index in [1.54, 1.807) is 0 Å². The molecule has 2 rings (SSSR count). The lowest BCUT2D eigenvalue weighted by Gasteiger charge is -2.42. The van der Waals surface area contributed by atoms with Crippen LogP contribution in [0.1, 0.15) is 25.7 Å². The van der Waals surface area contributed by atoms with E-state index in [1.807, 2.05) is 0 Å². The Hall–Kier alpha value is -0.0800. The van der Waals surface area contributed by atoms with E-state index in [0.717, 1.165) is 29.4 Å². The van der Waals surface area contributed by atoms with Crippen molar-refractivity contribution in [2.45, 2.75) is 43.9 Å². The first-order chi connectivity index (χ1) is 5.10. The first kappa shape index (κ1) is 7.56. The summed E-state index contributed by atoms with van der Waals surface area (Å²) in [4.78, 5) is 0. The molecule has 0 aromatic rings. The molecule has 0 aromatic heterocycles. The highest BCUT2D eigenvalue weighted by molar-refractivity contribution is 4.84. The van der Waals surface area contributed by atoms with Gasteiger partial charge in [0.15, 0.2) is 0 Å². The number of piperidine rings is 1. The molecule has 2 aliphatic heterocycles. The van der Waals surface area contributed by atoms with Crippen molar-refractivity contribution in [1.82, 2.24) is 0 Å². The summed E-state index contributed by atoms with van der Waals surface area (Å²) in [6.45, 7) is 0. The summed E-state index contributed by atoms with van der Waals surface area (Å²) in [5.41, 5.74) is 0. The van der Waals surface area contributed by atoms with Gasteiger partial charge in [-0.3, -0.25) is 0 Å². The Kier molecular flexibility index (Phi) is 1.52. The summed E-state index contributed by atoms with van der Waals surface area (Å²) in [7, 11) is 4.63. The maximum atomic E-state index is 9.51. The highest BCUT2D eigenvalue weighted by Crippen LogP contribution is 2.39. The van der Waals surface area contributed by atoms with E-state index in [1.165, 1.54) is 12.8 Å². The summed E-state index contributed by atoms with van der Waals surface area (Å²) in [5, 5.41) is 9.51. The van der Waals surface area contributed by atoms with Gasteiger partial charge in [-0.25, -0.2) is 0 Å². The van der Waals surface area contributed by atoms with Crippen molar-refractivity contribution in [3.8, 4) is 0 Å². The minimum absolute atomic E-state index is 0.00125. The van der Waals surface area contributed by atoms with Crippen LogP contribution in [0.15, 0.2) is 0 Å². The molecular formula is C9H18NO+. The average molecular weight is 156 g/mol. The first-order valence-corrected chi connectivity index (χ1v) is 4.62. The second-order valence-corrected chi connectivity index (χ2v) is 4.64. The third-order valence-electron chi connectivity index (χ3n) is 3.80. The fourth-order valence-electron chi connectivity index (χ4n) is 2.85. The van der Waals surface area contributed by atoms with Gasteiger partial charge in [-0.2, -0.15) is 0 Å². The number of aliphatic hydroxyl groups excluding tert-OH is 1. The smallest absolute Gasteiger partial charge is 0.0915 e. The molecule has 0 spiro atoms. The highest BCUT2D eigenvalue weighted by atomic mass is 16.3. The molecule has 2 fully saturated rings. The minimum Gasteiger partial charge on any atom is -0.393 e. The van der Waals surface area contributed by atoms with Crippen molar-refractivity contribution in [2.24, 2.45) is 0 Å². The molecule has 2 atom stereocenters. The van der Waals surface area contributed by atoms with Crippen molar-refractivity contribution < 1.29 is 9.59 Å². The Morgan fingerprint density at radius 1 is 1.09 bits per heavy atom. The topological polar surface area (TPSA) is 20.2 Å². The summed E-state index contributed by atoms with van der Waals surface area (Å²) < 4.78 is 1.16. The van der Waals surface area contributed by atoms with Gasteiger partial charge >= 0.3 is 0 Å². The van der Waals surface area contributed by atoms with Crippen LogP contribution in [-0.2, 0) is 0 Å². The molecule has 2 aliphatic rings. The van der Waals surface area contributed by atoms with Crippen LogP contribution in [0.5, 0.6) is 0 Å². The number of aliphatic hydroxyl groups is 1. The van der Waals surface area contributed by atoms with Gasteiger partial charge in [0.2, 0.25) is 0 Å². The summed E-state index contributed by atoms with van der Waals surface area (Å²) in [6, 6.07) is 1.48. The summed E-state index contributed by atoms with van der Waals surface area (Å²) >= 11 is 0. The van der Waals surface area contributed by atoms with Crippen molar-refractivity contribution in [3.05, 3.63) is 0 Å². The monoisotopic (exact) mass is 156 g/mol. The molecule has 0 aliphatic carbocycles. The number of hydrogen-bond acceptors (Lipinski definition) is 1. The lowest BCUT2D eigenvalue weighted by Crippen LogP contribution is -2.55. The van der Waals surface area contributed by atoms with Gasteiger partial charge < -0.3 is 9.59 Å². The Morgan fingerprint density at radius 3 is 2.00 bits per heavy atom. The lowest BCUT2D eigenvalue weighted by atomic mass is 9.98. The minimum atomic E-state index is -0.00125. The molecule has 2 nitrogen and oxygen atoms in total. The highest BCUT2D eigenvalue weighted by Gasteiger charge is 2.48. The molecule has 2 saturated heterocycles. The van der Waals surface area contributed by atoms with Crippen molar-refractivity contribution in [2.75, 3.05) is 14.1 Å². The Morgan fingerprint density at radius 2 is 1.55 bits per heavy atom. The SMILES string of the molecule is C[N+]1(C)[C@H]2CC[C@H]1CC(O)C2. The van der Waals surface area contributed by atoms with Gasteiger partial charge in [0.25, 0.3) is 0 Å². The normalized spacial score (nSPS) is 47.7. The van der Waals surface area contributed by atoms with Gasteiger partial charge in [-0.05, 0) is 0 Å². The zero-order chi connectivity index (χ0) is 8.06. The Labute approximate surface area is 68.4 Å². The maximum Gasteiger partial charge on any atom is 0.0915 e. The molecule has 0 aromatic carbocycles. The average Bonchev–Trinajstić information content (AvgIpc) is 2.19. The largest absolute Gasteiger partial charge is 0.393 e. The van der Waals surface area contributed by atoms with E-state index in [0.29, 0.717) is 0 Å². The molecule has 0 radical (unpaired) electrons. The fraction of sp³-hybridized carbons (Fsp3) is 1.00. The Bertz CT molecular complexity index is 151. The first-order valence-electron chi connectivity index (χ1n) is 4.62. The van der Waals surface area contributed by atoms with Crippen LogP contribution >= 0.6 is 0 Å². The van der Waals surface area contributed by atoms with Crippen LogP contribution in [0.4, 0.5) is 0 Å². The predicted molar refractivity (Wildman–Crippen MR) is 44.2 cm³/mol. The maximum absolute atomic E-state index is 9.51. The number of nitrogens with zero attached hydrogens (tertiary/aromatic N) is 1. The molecule has 0 amide bonds. The molecule has 0 saturated carbocycles. The molecular weight excluding hydrogens is 138 g/mol. The standard InChI is InChI=1S/C9H18NO/c1-10(2)7-3-4-8(10)6-9(11)5-7/h7-9,11H,3-6H2,1-2H3/q+1/t7-,8-/m0/s1.